The molecular formula is C22H27FN4O3. The number of carbonyl (C=O) groups is 2. The zero-order valence-corrected chi connectivity index (χ0v) is 17.1. The monoisotopic (exact) mass is 414 g/mol. The first-order valence-corrected chi connectivity index (χ1v) is 9.92. The summed E-state index contributed by atoms with van der Waals surface area (Å²) in [6.07, 6.45) is 0. The van der Waals surface area contributed by atoms with E-state index in [1.165, 1.54) is 6.07 Å². The van der Waals surface area contributed by atoms with E-state index in [9.17, 15) is 14.0 Å². The Morgan fingerprint density at radius 2 is 1.73 bits per heavy atom. The Morgan fingerprint density at radius 3 is 2.37 bits per heavy atom. The standard InChI is InChI=1S/C22H27FN4O3/c1-25(14-15-30-20-5-3-2-4-19(20)23)21(28)16-26-10-12-27(13-11-26)18-8-6-17(7-9-18)22(24)29/h2-9H,10-16H2,1H3,(H2,24,29). The average molecular weight is 414 g/mol. The fraction of sp³-hybridized carbons (Fsp3) is 0.364. The smallest absolute Gasteiger partial charge is 0.248 e. The summed E-state index contributed by atoms with van der Waals surface area (Å²) in [5, 5.41) is 0. The van der Waals surface area contributed by atoms with Gasteiger partial charge in [-0.1, -0.05) is 12.1 Å². The summed E-state index contributed by atoms with van der Waals surface area (Å²) in [6, 6.07) is 13.5. The lowest BCUT2D eigenvalue weighted by Crippen LogP contribution is -2.50. The molecule has 30 heavy (non-hydrogen) atoms. The molecule has 1 aliphatic rings. The molecule has 2 aromatic carbocycles. The van der Waals surface area contributed by atoms with Gasteiger partial charge in [0.25, 0.3) is 0 Å². The van der Waals surface area contributed by atoms with Crippen LogP contribution in [-0.2, 0) is 4.79 Å². The van der Waals surface area contributed by atoms with Crippen LogP contribution in [0.1, 0.15) is 10.4 Å². The summed E-state index contributed by atoms with van der Waals surface area (Å²) in [5.41, 5.74) is 6.80. The van der Waals surface area contributed by atoms with E-state index in [0.717, 1.165) is 31.9 Å². The number of primary amides is 1. The van der Waals surface area contributed by atoms with Gasteiger partial charge >= 0.3 is 0 Å². The molecule has 8 heteroatoms. The summed E-state index contributed by atoms with van der Waals surface area (Å²) in [5.74, 6) is -0.647. The lowest BCUT2D eigenvalue weighted by atomic mass is 10.1. The van der Waals surface area contributed by atoms with Crippen LogP contribution >= 0.6 is 0 Å². The topological polar surface area (TPSA) is 79.1 Å². The van der Waals surface area contributed by atoms with E-state index < -0.39 is 11.7 Å². The van der Waals surface area contributed by atoms with Gasteiger partial charge in [0.05, 0.1) is 13.1 Å². The van der Waals surface area contributed by atoms with Gasteiger partial charge < -0.3 is 20.3 Å². The van der Waals surface area contributed by atoms with Crippen molar-refractivity contribution in [1.29, 1.82) is 0 Å². The number of hydrogen-bond donors (Lipinski definition) is 1. The fourth-order valence-corrected chi connectivity index (χ4v) is 3.29. The first-order chi connectivity index (χ1) is 14.4. The molecule has 1 aliphatic heterocycles. The number of piperazine rings is 1. The van der Waals surface area contributed by atoms with Crippen LogP contribution in [0.4, 0.5) is 10.1 Å². The number of hydrogen-bond acceptors (Lipinski definition) is 5. The van der Waals surface area contributed by atoms with E-state index in [1.807, 2.05) is 12.1 Å². The summed E-state index contributed by atoms with van der Waals surface area (Å²) in [6.45, 7) is 4.08. The first kappa shape index (κ1) is 21.6. The van der Waals surface area contributed by atoms with Crippen LogP contribution in [0.2, 0.25) is 0 Å². The normalized spacial score (nSPS) is 14.4. The Morgan fingerprint density at radius 1 is 1.07 bits per heavy atom. The van der Waals surface area contributed by atoms with Gasteiger partial charge in [-0.05, 0) is 36.4 Å². The van der Waals surface area contributed by atoms with Crippen molar-refractivity contribution in [1.82, 2.24) is 9.80 Å². The number of rotatable bonds is 8. The highest BCUT2D eigenvalue weighted by Gasteiger charge is 2.21. The summed E-state index contributed by atoms with van der Waals surface area (Å²) in [4.78, 5) is 29.6. The molecule has 0 aliphatic carbocycles. The maximum atomic E-state index is 13.6. The molecule has 1 heterocycles. The number of amides is 2. The fourth-order valence-electron chi connectivity index (χ4n) is 3.29. The number of carbonyl (C=O) groups excluding carboxylic acids is 2. The highest BCUT2D eigenvalue weighted by atomic mass is 19.1. The zero-order valence-electron chi connectivity index (χ0n) is 17.1. The van der Waals surface area contributed by atoms with Crippen molar-refractivity contribution >= 4 is 17.5 Å². The number of anilines is 1. The number of nitrogens with two attached hydrogens (primary N) is 1. The molecule has 0 spiro atoms. The van der Waals surface area contributed by atoms with Crippen molar-refractivity contribution in [3.63, 3.8) is 0 Å². The molecule has 0 atom stereocenters. The Kier molecular flexibility index (Phi) is 7.24. The summed E-state index contributed by atoms with van der Waals surface area (Å²) >= 11 is 0. The van der Waals surface area contributed by atoms with E-state index in [-0.39, 0.29) is 18.3 Å². The van der Waals surface area contributed by atoms with Crippen LogP contribution in [0.5, 0.6) is 5.75 Å². The Hall–Kier alpha value is -3.13. The molecule has 3 rings (SSSR count). The molecule has 1 saturated heterocycles. The summed E-state index contributed by atoms with van der Waals surface area (Å²) < 4.78 is 19.0. The predicted molar refractivity (Wildman–Crippen MR) is 113 cm³/mol. The van der Waals surface area contributed by atoms with Crippen molar-refractivity contribution in [3.8, 4) is 5.75 Å². The minimum absolute atomic E-state index is 0.00592. The number of para-hydroxylation sites is 1. The van der Waals surface area contributed by atoms with Crippen LogP contribution in [0.3, 0.4) is 0 Å². The van der Waals surface area contributed by atoms with Gasteiger partial charge in [-0.3, -0.25) is 14.5 Å². The molecular weight excluding hydrogens is 387 g/mol. The number of likely N-dealkylation sites (N-methyl/N-ethyl adjacent to an activating group) is 1. The maximum absolute atomic E-state index is 13.6. The minimum atomic E-state index is -0.437. The lowest BCUT2D eigenvalue weighted by Gasteiger charge is -2.36. The molecule has 0 aromatic heterocycles. The second-order valence-electron chi connectivity index (χ2n) is 7.27. The van der Waals surface area contributed by atoms with E-state index in [2.05, 4.69) is 9.80 Å². The molecule has 0 bridgehead atoms. The third-order valence-corrected chi connectivity index (χ3v) is 5.19. The molecule has 160 valence electrons. The maximum Gasteiger partial charge on any atom is 0.248 e. The number of benzene rings is 2. The molecule has 7 nitrogen and oxygen atoms in total. The molecule has 1 fully saturated rings. The van der Waals surface area contributed by atoms with Gasteiger partial charge in [0.1, 0.15) is 6.61 Å². The molecule has 2 amide bonds. The predicted octanol–water partition coefficient (Wildman–Crippen LogP) is 1.58. The van der Waals surface area contributed by atoms with Crippen LogP contribution in [0.15, 0.2) is 48.5 Å². The number of halogens is 1. The SMILES string of the molecule is CN(CCOc1ccccc1F)C(=O)CN1CCN(c2ccc(C(N)=O)cc2)CC1. The van der Waals surface area contributed by atoms with Crippen molar-refractivity contribution in [2.45, 2.75) is 0 Å². The van der Waals surface area contributed by atoms with E-state index in [4.69, 9.17) is 10.5 Å². The largest absolute Gasteiger partial charge is 0.489 e. The van der Waals surface area contributed by atoms with Crippen molar-refractivity contribution in [2.75, 3.05) is 57.8 Å². The molecule has 0 saturated carbocycles. The van der Waals surface area contributed by atoms with Gasteiger partial charge in [0.15, 0.2) is 11.6 Å². The molecule has 2 aromatic rings. The summed E-state index contributed by atoms with van der Waals surface area (Å²) in [7, 11) is 1.73. The Balaban J connectivity index is 1.40. The van der Waals surface area contributed by atoms with E-state index in [0.29, 0.717) is 18.7 Å². The number of nitrogens with zero attached hydrogens (tertiary/aromatic N) is 3. The van der Waals surface area contributed by atoms with Crippen LogP contribution in [0.25, 0.3) is 0 Å². The van der Waals surface area contributed by atoms with Crippen molar-refractivity contribution in [3.05, 3.63) is 59.9 Å². The second-order valence-corrected chi connectivity index (χ2v) is 7.27. The first-order valence-electron chi connectivity index (χ1n) is 9.92. The van der Waals surface area contributed by atoms with Crippen molar-refractivity contribution in [2.24, 2.45) is 5.73 Å². The highest BCUT2D eigenvalue weighted by molar-refractivity contribution is 5.93. The van der Waals surface area contributed by atoms with Crippen LogP contribution < -0.4 is 15.4 Å². The average Bonchev–Trinajstić information content (AvgIpc) is 2.75. The van der Waals surface area contributed by atoms with E-state index in [1.54, 1.807) is 42.3 Å². The molecule has 2 N–H and O–H groups in total. The third kappa shape index (κ3) is 5.70. The zero-order chi connectivity index (χ0) is 21.5. The molecule has 0 radical (unpaired) electrons. The van der Waals surface area contributed by atoms with Crippen LogP contribution in [0, 0.1) is 5.82 Å². The quantitative estimate of drug-likeness (QED) is 0.710. The van der Waals surface area contributed by atoms with Gasteiger partial charge in [0, 0.05) is 44.5 Å². The lowest BCUT2D eigenvalue weighted by molar-refractivity contribution is -0.131. The van der Waals surface area contributed by atoms with Crippen molar-refractivity contribution < 1.29 is 18.7 Å². The van der Waals surface area contributed by atoms with Gasteiger partial charge in [-0.15, -0.1) is 0 Å². The second kappa shape index (κ2) is 10.1. The number of ether oxygens (including phenoxy) is 1. The Labute approximate surface area is 175 Å². The third-order valence-electron chi connectivity index (χ3n) is 5.19. The van der Waals surface area contributed by atoms with Gasteiger partial charge in [-0.25, -0.2) is 4.39 Å². The Bertz CT molecular complexity index is 867. The van der Waals surface area contributed by atoms with Gasteiger partial charge in [-0.2, -0.15) is 0 Å². The van der Waals surface area contributed by atoms with Crippen LogP contribution in [-0.4, -0.2) is 74.5 Å². The molecule has 0 unspecified atom stereocenters. The minimum Gasteiger partial charge on any atom is -0.489 e. The highest BCUT2D eigenvalue weighted by Crippen LogP contribution is 2.17. The van der Waals surface area contributed by atoms with Gasteiger partial charge in [0.2, 0.25) is 11.8 Å². The van der Waals surface area contributed by atoms with E-state index >= 15 is 0 Å².